The average Bonchev–Trinajstić information content (AvgIpc) is 2.99. The SMILES string of the molecule is CCCOc1cccc(C(=O)Oc2ccc3c(c2)OC(N)=C(C#N)C3c2cccc(OCc3ccc(F)cc3)c2)c1. The summed E-state index contributed by atoms with van der Waals surface area (Å²) >= 11 is 0. The van der Waals surface area contributed by atoms with Crippen LogP contribution in [0.15, 0.2) is 102 Å². The number of carbonyl (C=O) groups is 1. The Morgan fingerprint density at radius 3 is 2.46 bits per heavy atom. The van der Waals surface area contributed by atoms with Gasteiger partial charge in [0.25, 0.3) is 0 Å². The number of fused-ring (bicyclic) bond motifs is 1. The van der Waals surface area contributed by atoms with Crippen LogP contribution in [0.25, 0.3) is 0 Å². The van der Waals surface area contributed by atoms with E-state index in [4.69, 9.17) is 24.7 Å². The molecule has 2 N–H and O–H groups in total. The summed E-state index contributed by atoms with van der Waals surface area (Å²) < 4.78 is 36.2. The molecular formula is C33H27FN2O5. The summed E-state index contributed by atoms with van der Waals surface area (Å²) in [5, 5.41) is 9.93. The summed E-state index contributed by atoms with van der Waals surface area (Å²) in [6.45, 7) is 2.80. The maximum absolute atomic E-state index is 13.2. The predicted octanol–water partition coefficient (Wildman–Crippen LogP) is 6.63. The molecule has 0 aromatic heterocycles. The third kappa shape index (κ3) is 6.31. The fourth-order valence-electron chi connectivity index (χ4n) is 4.47. The first-order valence-electron chi connectivity index (χ1n) is 13.1. The van der Waals surface area contributed by atoms with Crippen molar-refractivity contribution in [1.82, 2.24) is 0 Å². The second-order valence-electron chi connectivity index (χ2n) is 9.38. The van der Waals surface area contributed by atoms with Crippen LogP contribution in [-0.2, 0) is 6.61 Å². The van der Waals surface area contributed by atoms with Crippen molar-refractivity contribution >= 4 is 5.97 Å². The molecule has 1 aliphatic heterocycles. The molecule has 0 radical (unpaired) electrons. The van der Waals surface area contributed by atoms with Crippen LogP contribution in [0.4, 0.5) is 4.39 Å². The minimum atomic E-state index is -0.550. The van der Waals surface area contributed by atoms with Crippen molar-refractivity contribution in [1.29, 1.82) is 5.26 Å². The van der Waals surface area contributed by atoms with Crippen molar-refractivity contribution in [2.45, 2.75) is 25.9 Å². The van der Waals surface area contributed by atoms with Crippen LogP contribution in [0.2, 0.25) is 0 Å². The quantitative estimate of drug-likeness (QED) is 0.184. The Bertz CT molecular complexity index is 1640. The molecule has 0 saturated carbocycles. The van der Waals surface area contributed by atoms with Crippen LogP contribution < -0.4 is 24.7 Å². The Labute approximate surface area is 237 Å². The largest absolute Gasteiger partial charge is 0.494 e. The summed E-state index contributed by atoms with van der Waals surface area (Å²) in [4.78, 5) is 12.8. The lowest BCUT2D eigenvalue weighted by Crippen LogP contribution is -2.21. The van der Waals surface area contributed by atoms with Crippen molar-refractivity contribution in [2.75, 3.05) is 6.61 Å². The molecule has 0 spiro atoms. The molecule has 206 valence electrons. The molecule has 0 aliphatic carbocycles. The number of nitrogens with two attached hydrogens (primary N) is 1. The first-order chi connectivity index (χ1) is 19.9. The van der Waals surface area contributed by atoms with E-state index in [2.05, 4.69) is 6.07 Å². The molecule has 7 nitrogen and oxygen atoms in total. The Morgan fingerprint density at radius 1 is 0.951 bits per heavy atom. The first kappa shape index (κ1) is 27.3. The van der Waals surface area contributed by atoms with Crippen LogP contribution in [0, 0.1) is 17.1 Å². The van der Waals surface area contributed by atoms with E-state index < -0.39 is 11.9 Å². The fourth-order valence-corrected chi connectivity index (χ4v) is 4.47. The van der Waals surface area contributed by atoms with E-state index >= 15 is 0 Å². The number of hydrogen-bond acceptors (Lipinski definition) is 7. The van der Waals surface area contributed by atoms with Gasteiger partial charge in [0.05, 0.1) is 18.1 Å². The Kier molecular flexibility index (Phi) is 8.16. The summed E-state index contributed by atoms with van der Waals surface area (Å²) in [6.07, 6.45) is 0.850. The van der Waals surface area contributed by atoms with Gasteiger partial charge in [-0.25, -0.2) is 9.18 Å². The number of allylic oxidation sites excluding steroid dienone is 1. The molecule has 0 fully saturated rings. The van der Waals surface area contributed by atoms with E-state index in [0.29, 0.717) is 35.0 Å². The number of benzene rings is 4. The highest BCUT2D eigenvalue weighted by Gasteiger charge is 2.31. The Balaban J connectivity index is 1.38. The standard InChI is InChI=1S/C33H27FN2O5/c1-2-15-38-25-7-4-6-23(17-25)33(37)40-27-13-14-28-30(18-27)41-32(36)29(19-35)31(28)22-5-3-8-26(16-22)39-20-21-9-11-24(34)12-10-21/h3-14,16-18,31H,2,15,20,36H2,1H3. The minimum Gasteiger partial charge on any atom is -0.494 e. The zero-order valence-corrected chi connectivity index (χ0v) is 22.3. The van der Waals surface area contributed by atoms with Gasteiger partial charge in [-0.3, -0.25) is 0 Å². The number of rotatable bonds is 9. The Hall–Kier alpha value is -5.29. The monoisotopic (exact) mass is 550 g/mol. The van der Waals surface area contributed by atoms with Crippen LogP contribution in [-0.4, -0.2) is 12.6 Å². The molecule has 1 atom stereocenters. The van der Waals surface area contributed by atoms with Gasteiger partial charge < -0.3 is 24.7 Å². The van der Waals surface area contributed by atoms with Crippen LogP contribution >= 0.6 is 0 Å². The lowest BCUT2D eigenvalue weighted by molar-refractivity contribution is 0.0734. The zero-order valence-electron chi connectivity index (χ0n) is 22.3. The number of ether oxygens (including phenoxy) is 4. The van der Waals surface area contributed by atoms with E-state index in [1.165, 1.54) is 12.1 Å². The second kappa shape index (κ2) is 12.3. The lowest BCUT2D eigenvalue weighted by atomic mass is 9.83. The van der Waals surface area contributed by atoms with E-state index in [1.807, 2.05) is 25.1 Å². The highest BCUT2D eigenvalue weighted by atomic mass is 19.1. The molecule has 0 amide bonds. The minimum absolute atomic E-state index is 0.0353. The first-order valence-corrected chi connectivity index (χ1v) is 13.1. The highest BCUT2D eigenvalue weighted by molar-refractivity contribution is 5.91. The third-order valence-electron chi connectivity index (χ3n) is 6.45. The van der Waals surface area contributed by atoms with Crippen molar-refractivity contribution in [3.8, 4) is 29.1 Å². The maximum Gasteiger partial charge on any atom is 0.343 e. The van der Waals surface area contributed by atoms with Crippen molar-refractivity contribution in [3.63, 3.8) is 0 Å². The molecule has 5 rings (SSSR count). The Morgan fingerprint density at radius 2 is 1.71 bits per heavy atom. The van der Waals surface area contributed by atoms with Gasteiger partial charge in [0, 0.05) is 11.6 Å². The van der Waals surface area contributed by atoms with E-state index in [9.17, 15) is 14.4 Å². The zero-order chi connectivity index (χ0) is 28.8. The van der Waals surface area contributed by atoms with Crippen LogP contribution in [0.1, 0.15) is 46.3 Å². The van der Waals surface area contributed by atoms with Crippen LogP contribution in [0.5, 0.6) is 23.0 Å². The van der Waals surface area contributed by atoms with Crippen molar-refractivity contribution in [2.24, 2.45) is 5.73 Å². The number of carbonyl (C=O) groups excluding carboxylic acids is 1. The van der Waals surface area contributed by atoms with E-state index in [0.717, 1.165) is 17.5 Å². The molecule has 4 aromatic rings. The van der Waals surface area contributed by atoms with Gasteiger partial charge in [-0.1, -0.05) is 43.3 Å². The molecule has 4 aromatic carbocycles. The molecule has 0 saturated heterocycles. The number of halogens is 1. The molecule has 8 heteroatoms. The van der Waals surface area contributed by atoms with Gasteiger partial charge in [-0.05, 0) is 66.1 Å². The van der Waals surface area contributed by atoms with E-state index in [1.54, 1.807) is 60.7 Å². The number of nitriles is 1. The summed E-state index contributed by atoms with van der Waals surface area (Å²) in [7, 11) is 0. The van der Waals surface area contributed by atoms with Gasteiger partial charge in [-0.15, -0.1) is 0 Å². The highest BCUT2D eigenvalue weighted by Crippen LogP contribution is 2.44. The molecule has 1 heterocycles. The van der Waals surface area contributed by atoms with E-state index in [-0.39, 0.29) is 29.6 Å². The smallest absolute Gasteiger partial charge is 0.343 e. The summed E-state index contributed by atoms with van der Waals surface area (Å²) in [5.74, 6) is 0.363. The molecule has 1 aliphatic rings. The molecule has 0 bridgehead atoms. The van der Waals surface area contributed by atoms with Gasteiger partial charge in [0.2, 0.25) is 5.88 Å². The summed E-state index contributed by atoms with van der Waals surface area (Å²) in [6, 6.07) is 27.3. The molecular weight excluding hydrogens is 523 g/mol. The second-order valence-corrected chi connectivity index (χ2v) is 9.38. The van der Waals surface area contributed by atoms with Crippen molar-refractivity contribution in [3.05, 3.63) is 131 Å². The van der Waals surface area contributed by atoms with Gasteiger partial charge in [0.15, 0.2) is 0 Å². The van der Waals surface area contributed by atoms with Crippen molar-refractivity contribution < 1.29 is 28.1 Å². The number of hydrogen-bond donors (Lipinski definition) is 1. The number of esters is 1. The van der Waals surface area contributed by atoms with Gasteiger partial charge in [-0.2, -0.15) is 5.26 Å². The van der Waals surface area contributed by atoms with Gasteiger partial charge in [0.1, 0.15) is 47.1 Å². The van der Waals surface area contributed by atoms with Crippen LogP contribution in [0.3, 0.4) is 0 Å². The maximum atomic E-state index is 13.2. The fraction of sp³-hybridized carbons (Fsp3) is 0.152. The average molecular weight is 551 g/mol. The normalized spacial score (nSPS) is 13.9. The molecule has 41 heavy (non-hydrogen) atoms. The van der Waals surface area contributed by atoms with Gasteiger partial charge >= 0.3 is 5.97 Å². The number of nitrogens with zero attached hydrogens (tertiary/aromatic N) is 1. The predicted molar refractivity (Wildman–Crippen MR) is 150 cm³/mol. The lowest BCUT2D eigenvalue weighted by Gasteiger charge is -2.27. The topological polar surface area (TPSA) is 104 Å². The third-order valence-corrected chi connectivity index (χ3v) is 6.45. The molecule has 1 unspecified atom stereocenters. The summed E-state index contributed by atoms with van der Waals surface area (Å²) in [5.41, 5.74) is 9.03.